The predicted octanol–water partition coefficient (Wildman–Crippen LogP) is -1.98. The van der Waals surface area contributed by atoms with E-state index in [0.29, 0.717) is 0 Å². The molecule has 0 radical (unpaired) electrons. The van der Waals surface area contributed by atoms with Crippen molar-refractivity contribution in [3.63, 3.8) is 0 Å². The first-order valence-corrected chi connectivity index (χ1v) is 3.80. The smallest absolute Gasteiger partial charge is 0.325 e. The average molecular weight is 199 g/mol. The van der Waals surface area contributed by atoms with Gasteiger partial charge in [-0.05, 0) is 0 Å². The maximum atomic E-state index is 10.8. The van der Waals surface area contributed by atoms with Crippen LogP contribution >= 0.6 is 0 Å². The Morgan fingerprint density at radius 2 is 2.14 bits per heavy atom. The Morgan fingerprint density at radius 1 is 1.50 bits per heavy atom. The van der Waals surface area contributed by atoms with Gasteiger partial charge in [0.2, 0.25) is 0 Å². The van der Waals surface area contributed by atoms with Crippen molar-refractivity contribution in [3.05, 3.63) is 32.6 Å². The van der Waals surface area contributed by atoms with Crippen molar-refractivity contribution in [3.8, 4) is 0 Å². The summed E-state index contributed by atoms with van der Waals surface area (Å²) in [6.45, 7) is 0. The molecule has 14 heavy (non-hydrogen) atoms. The van der Waals surface area contributed by atoms with Gasteiger partial charge < -0.3 is 15.8 Å². The van der Waals surface area contributed by atoms with E-state index >= 15 is 0 Å². The van der Waals surface area contributed by atoms with Crippen LogP contribution in [0.25, 0.3) is 0 Å². The summed E-state index contributed by atoms with van der Waals surface area (Å²) in [5.41, 5.74) is 4.16. The number of H-pyrrole nitrogens is 2. The number of rotatable bonds is 3. The minimum atomic E-state index is -1.19. The molecule has 1 aromatic heterocycles. The fourth-order valence-corrected chi connectivity index (χ4v) is 0.954. The number of carboxylic acid groups (broad SMARTS) is 1. The van der Waals surface area contributed by atoms with Crippen LogP contribution in [0.2, 0.25) is 0 Å². The summed E-state index contributed by atoms with van der Waals surface area (Å²) in [5.74, 6) is -1.19. The Bertz CT molecular complexity index is 418. The van der Waals surface area contributed by atoms with E-state index in [0.717, 1.165) is 6.07 Å². The van der Waals surface area contributed by atoms with Crippen LogP contribution in [-0.2, 0) is 11.2 Å². The molecule has 0 saturated carbocycles. The van der Waals surface area contributed by atoms with Gasteiger partial charge in [0.25, 0.3) is 5.56 Å². The molecule has 0 saturated heterocycles. The van der Waals surface area contributed by atoms with Crippen LogP contribution in [-0.4, -0.2) is 27.1 Å². The van der Waals surface area contributed by atoms with Gasteiger partial charge in [-0.2, -0.15) is 0 Å². The molecule has 0 aromatic carbocycles. The van der Waals surface area contributed by atoms with Gasteiger partial charge in [0.1, 0.15) is 6.04 Å². The Morgan fingerprint density at radius 3 is 2.64 bits per heavy atom. The molecular formula is C7H9N3O4. The summed E-state index contributed by atoms with van der Waals surface area (Å²) >= 11 is 0. The summed E-state index contributed by atoms with van der Waals surface area (Å²) in [4.78, 5) is 36.2. The largest absolute Gasteiger partial charge is 0.480 e. The van der Waals surface area contributed by atoms with Gasteiger partial charge >= 0.3 is 11.7 Å². The zero-order valence-electron chi connectivity index (χ0n) is 7.11. The van der Waals surface area contributed by atoms with Gasteiger partial charge in [-0.1, -0.05) is 0 Å². The third kappa shape index (κ3) is 2.56. The maximum absolute atomic E-state index is 10.8. The number of aromatic amines is 2. The van der Waals surface area contributed by atoms with Gasteiger partial charge in [0, 0.05) is 18.2 Å². The zero-order chi connectivity index (χ0) is 10.7. The normalized spacial score (nSPS) is 12.4. The van der Waals surface area contributed by atoms with Crippen LogP contribution < -0.4 is 17.0 Å². The monoisotopic (exact) mass is 199 g/mol. The molecule has 0 spiro atoms. The third-order valence-electron chi connectivity index (χ3n) is 1.57. The number of aromatic nitrogens is 2. The summed E-state index contributed by atoms with van der Waals surface area (Å²) in [5, 5.41) is 8.48. The van der Waals surface area contributed by atoms with Gasteiger partial charge in [0.05, 0.1) is 0 Å². The summed E-state index contributed by atoms with van der Waals surface area (Å²) < 4.78 is 0. The summed E-state index contributed by atoms with van der Waals surface area (Å²) in [6, 6.07) is -0.0306. The maximum Gasteiger partial charge on any atom is 0.325 e. The minimum Gasteiger partial charge on any atom is -0.480 e. The van der Waals surface area contributed by atoms with E-state index < -0.39 is 23.3 Å². The molecule has 1 atom stereocenters. The fourth-order valence-electron chi connectivity index (χ4n) is 0.954. The number of hydrogen-bond acceptors (Lipinski definition) is 4. The molecule has 0 fully saturated rings. The molecule has 1 rings (SSSR count). The molecule has 76 valence electrons. The minimum absolute atomic E-state index is 0.0888. The molecule has 1 unspecified atom stereocenters. The quantitative estimate of drug-likeness (QED) is 0.448. The summed E-state index contributed by atoms with van der Waals surface area (Å²) in [7, 11) is 0. The first-order chi connectivity index (χ1) is 6.49. The molecule has 0 aliphatic heterocycles. The van der Waals surface area contributed by atoms with Crippen LogP contribution in [0.4, 0.5) is 0 Å². The van der Waals surface area contributed by atoms with Crippen LogP contribution in [0.3, 0.4) is 0 Å². The van der Waals surface area contributed by atoms with Crippen LogP contribution in [0, 0.1) is 0 Å². The van der Waals surface area contributed by atoms with E-state index in [2.05, 4.69) is 4.98 Å². The van der Waals surface area contributed by atoms with Crippen LogP contribution in [0.5, 0.6) is 0 Å². The van der Waals surface area contributed by atoms with Gasteiger partial charge in [-0.15, -0.1) is 0 Å². The van der Waals surface area contributed by atoms with Crippen LogP contribution in [0.15, 0.2) is 15.7 Å². The lowest BCUT2D eigenvalue weighted by Gasteiger charge is -2.04. The molecule has 7 nitrogen and oxygen atoms in total. The molecule has 0 amide bonds. The number of nitrogens with one attached hydrogen (secondary N) is 2. The molecule has 7 heteroatoms. The number of nitrogens with two attached hydrogens (primary N) is 1. The Hall–Kier alpha value is -1.89. The Balaban J connectivity index is 2.92. The topological polar surface area (TPSA) is 129 Å². The second kappa shape index (κ2) is 3.88. The average Bonchev–Trinajstić information content (AvgIpc) is 2.01. The second-order valence-electron chi connectivity index (χ2n) is 2.76. The van der Waals surface area contributed by atoms with E-state index in [1.165, 1.54) is 0 Å². The van der Waals surface area contributed by atoms with Crippen molar-refractivity contribution in [1.29, 1.82) is 0 Å². The molecule has 5 N–H and O–H groups in total. The first-order valence-electron chi connectivity index (χ1n) is 3.80. The van der Waals surface area contributed by atoms with Crippen molar-refractivity contribution in [2.24, 2.45) is 5.73 Å². The Kier molecular flexibility index (Phi) is 2.82. The zero-order valence-corrected chi connectivity index (χ0v) is 7.11. The highest BCUT2D eigenvalue weighted by Gasteiger charge is 2.12. The number of hydrogen-bond donors (Lipinski definition) is 4. The highest BCUT2D eigenvalue weighted by Crippen LogP contribution is 1.92. The van der Waals surface area contributed by atoms with E-state index in [1.54, 1.807) is 0 Å². The van der Waals surface area contributed by atoms with E-state index in [9.17, 15) is 14.4 Å². The van der Waals surface area contributed by atoms with E-state index in [-0.39, 0.29) is 12.1 Å². The third-order valence-corrected chi connectivity index (χ3v) is 1.57. The summed E-state index contributed by atoms with van der Waals surface area (Å²) in [6.07, 6.45) is -0.0888. The van der Waals surface area contributed by atoms with Gasteiger partial charge in [-0.25, -0.2) is 4.79 Å². The lowest BCUT2D eigenvalue weighted by molar-refractivity contribution is -0.138. The molecule has 0 aliphatic rings. The molecular weight excluding hydrogens is 190 g/mol. The van der Waals surface area contributed by atoms with E-state index in [4.69, 9.17) is 10.8 Å². The van der Waals surface area contributed by atoms with Crippen LogP contribution in [0.1, 0.15) is 5.69 Å². The first kappa shape index (κ1) is 10.2. The van der Waals surface area contributed by atoms with Crippen molar-refractivity contribution >= 4 is 5.97 Å². The Labute approximate surface area is 77.6 Å². The van der Waals surface area contributed by atoms with Crippen molar-refractivity contribution < 1.29 is 9.90 Å². The molecule has 0 bridgehead atoms. The van der Waals surface area contributed by atoms with Crippen molar-refractivity contribution in [2.45, 2.75) is 12.5 Å². The van der Waals surface area contributed by atoms with Gasteiger partial charge in [-0.3, -0.25) is 14.6 Å². The van der Waals surface area contributed by atoms with E-state index in [1.807, 2.05) is 4.98 Å². The molecule has 1 heterocycles. The van der Waals surface area contributed by atoms with Crippen molar-refractivity contribution in [2.75, 3.05) is 0 Å². The lowest BCUT2D eigenvalue weighted by Crippen LogP contribution is -2.34. The number of carbonyl (C=O) groups is 1. The highest BCUT2D eigenvalue weighted by atomic mass is 16.4. The van der Waals surface area contributed by atoms with Crippen molar-refractivity contribution in [1.82, 2.24) is 9.97 Å². The van der Waals surface area contributed by atoms with Gasteiger partial charge in [0.15, 0.2) is 0 Å². The second-order valence-corrected chi connectivity index (χ2v) is 2.76. The lowest BCUT2D eigenvalue weighted by atomic mass is 10.2. The fraction of sp³-hybridized carbons (Fsp3) is 0.286. The SMILES string of the molecule is NC(Cc1cc(=O)[nH]c(=O)[nH]1)C(=O)O. The predicted molar refractivity (Wildman–Crippen MR) is 47.0 cm³/mol. The standard InChI is InChI=1S/C7H9N3O4/c8-4(6(12)13)1-3-2-5(11)10-7(14)9-3/h2,4H,1,8H2,(H,12,13)(H2,9,10,11,14). The highest BCUT2D eigenvalue weighted by molar-refractivity contribution is 5.73. The number of carboxylic acids is 1. The number of aliphatic carboxylic acids is 1. The molecule has 0 aliphatic carbocycles. The molecule has 1 aromatic rings.